The molecule has 52 valence electrons. The molecular formula is C6H5FN2S. The molecular weight excluding hydrogens is 151 g/mol. The predicted octanol–water partition coefficient (Wildman–Crippen LogP) is 2.00. The molecule has 0 spiro atoms. The standard InChI is InChI=1S/C6H5FN2S/c7-4-9-5-3-8-2-1-6(5)10/h1-4H,(H,8,10)/b9-4-. The lowest BCUT2D eigenvalue weighted by Gasteiger charge is -1.92. The molecule has 0 N–H and O–H groups in total. The van der Waals surface area contributed by atoms with Gasteiger partial charge in [-0.25, -0.2) is 4.99 Å². The number of aliphatic imine (C=N–C) groups is 1. The summed E-state index contributed by atoms with van der Waals surface area (Å²) in [5, 5.41) is 0. The second kappa shape index (κ2) is 3.31. The van der Waals surface area contributed by atoms with Gasteiger partial charge >= 0.3 is 0 Å². The summed E-state index contributed by atoms with van der Waals surface area (Å²) >= 11 is 4.01. The van der Waals surface area contributed by atoms with Gasteiger partial charge in [0.1, 0.15) is 0 Å². The second-order valence-electron chi connectivity index (χ2n) is 1.59. The maximum Gasteiger partial charge on any atom is 0.176 e. The van der Waals surface area contributed by atoms with Crippen LogP contribution in [0, 0.1) is 0 Å². The molecule has 1 aromatic rings. The molecule has 0 atom stereocenters. The monoisotopic (exact) mass is 156 g/mol. The number of aromatic nitrogens is 1. The Labute approximate surface area is 63.2 Å². The van der Waals surface area contributed by atoms with E-state index in [1.54, 1.807) is 12.3 Å². The molecule has 0 fully saturated rings. The van der Waals surface area contributed by atoms with Crippen molar-refractivity contribution in [2.75, 3.05) is 0 Å². The van der Waals surface area contributed by atoms with Gasteiger partial charge in [-0.1, -0.05) is 0 Å². The van der Waals surface area contributed by atoms with Gasteiger partial charge in [0.25, 0.3) is 0 Å². The van der Waals surface area contributed by atoms with Crippen molar-refractivity contribution in [1.29, 1.82) is 0 Å². The Morgan fingerprint density at radius 2 is 2.50 bits per heavy atom. The quantitative estimate of drug-likeness (QED) is 0.488. The third-order valence-corrected chi connectivity index (χ3v) is 1.34. The molecule has 1 aromatic heterocycles. The summed E-state index contributed by atoms with van der Waals surface area (Å²) in [4.78, 5) is 7.73. The van der Waals surface area contributed by atoms with E-state index in [0.717, 1.165) is 0 Å². The number of hydrogen-bond donors (Lipinski definition) is 1. The molecule has 1 heterocycles. The summed E-state index contributed by atoms with van der Waals surface area (Å²) in [7, 11) is 0. The summed E-state index contributed by atoms with van der Waals surface area (Å²) in [6.45, 7) is 0.219. The van der Waals surface area contributed by atoms with Crippen LogP contribution in [0.2, 0.25) is 0 Å². The van der Waals surface area contributed by atoms with Gasteiger partial charge in [0.15, 0.2) is 6.47 Å². The zero-order chi connectivity index (χ0) is 7.40. The van der Waals surface area contributed by atoms with E-state index in [-0.39, 0.29) is 6.47 Å². The molecule has 0 aromatic carbocycles. The van der Waals surface area contributed by atoms with E-state index in [2.05, 4.69) is 22.6 Å². The van der Waals surface area contributed by atoms with Crippen molar-refractivity contribution in [3.8, 4) is 0 Å². The third-order valence-electron chi connectivity index (χ3n) is 0.966. The lowest BCUT2D eigenvalue weighted by Crippen LogP contribution is -1.71. The Hall–Kier alpha value is -0.900. The first-order valence-corrected chi connectivity index (χ1v) is 3.05. The van der Waals surface area contributed by atoms with Gasteiger partial charge in [0.05, 0.1) is 11.9 Å². The molecule has 0 aliphatic rings. The SMILES string of the molecule is F/C=N\c1cnccc1S. The smallest absolute Gasteiger partial charge is 0.176 e. The van der Waals surface area contributed by atoms with Crippen molar-refractivity contribution in [3.63, 3.8) is 0 Å². The van der Waals surface area contributed by atoms with Crippen molar-refractivity contribution < 1.29 is 4.39 Å². The summed E-state index contributed by atoms with van der Waals surface area (Å²) in [5.41, 5.74) is 0.438. The zero-order valence-corrected chi connectivity index (χ0v) is 5.92. The van der Waals surface area contributed by atoms with Crippen molar-refractivity contribution in [1.82, 2.24) is 4.98 Å². The van der Waals surface area contributed by atoms with Crippen LogP contribution < -0.4 is 0 Å². The van der Waals surface area contributed by atoms with Crippen LogP contribution in [0.15, 0.2) is 28.3 Å². The van der Waals surface area contributed by atoms with Crippen LogP contribution in [-0.4, -0.2) is 11.5 Å². The number of nitrogens with zero attached hydrogens (tertiary/aromatic N) is 2. The fourth-order valence-corrected chi connectivity index (χ4v) is 0.713. The molecule has 4 heteroatoms. The fraction of sp³-hybridized carbons (Fsp3) is 0. The Bertz CT molecular complexity index is 249. The van der Waals surface area contributed by atoms with E-state index in [0.29, 0.717) is 10.6 Å². The van der Waals surface area contributed by atoms with Gasteiger partial charge in [0, 0.05) is 11.1 Å². The van der Waals surface area contributed by atoms with Gasteiger partial charge < -0.3 is 0 Å². The van der Waals surface area contributed by atoms with Gasteiger partial charge in [-0.3, -0.25) is 4.98 Å². The van der Waals surface area contributed by atoms with Gasteiger partial charge in [-0.05, 0) is 6.07 Å². The van der Waals surface area contributed by atoms with Crippen LogP contribution in [0.3, 0.4) is 0 Å². The summed E-state index contributed by atoms with van der Waals surface area (Å²) in [5.74, 6) is 0. The summed E-state index contributed by atoms with van der Waals surface area (Å²) in [6.07, 6.45) is 3.01. The maximum absolute atomic E-state index is 11.5. The van der Waals surface area contributed by atoms with E-state index in [9.17, 15) is 4.39 Å². The molecule has 0 saturated carbocycles. The Morgan fingerprint density at radius 1 is 1.70 bits per heavy atom. The first kappa shape index (κ1) is 7.21. The fourth-order valence-electron chi connectivity index (χ4n) is 0.531. The van der Waals surface area contributed by atoms with Crippen molar-refractivity contribution >= 4 is 24.8 Å². The molecule has 0 bridgehead atoms. The summed E-state index contributed by atoms with van der Waals surface area (Å²) in [6, 6.07) is 1.64. The molecule has 2 nitrogen and oxygen atoms in total. The van der Waals surface area contributed by atoms with Crippen LogP contribution >= 0.6 is 12.6 Å². The van der Waals surface area contributed by atoms with Crippen molar-refractivity contribution in [3.05, 3.63) is 18.5 Å². The molecule has 0 radical (unpaired) electrons. The molecule has 0 unspecified atom stereocenters. The average Bonchev–Trinajstić information content (AvgIpc) is 1.94. The first-order chi connectivity index (χ1) is 4.84. The largest absolute Gasteiger partial charge is 0.262 e. The molecule has 0 saturated heterocycles. The normalized spacial score (nSPS) is 10.6. The highest BCUT2D eigenvalue weighted by atomic mass is 32.1. The van der Waals surface area contributed by atoms with Gasteiger partial charge in [0.2, 0.25) is 0 Å². The lowest BCUT2D eigenvalue weighted by atomic mass is 10.4. The maximum atomic E-state index is 11.5. The number of pyridine rings is 1. The van der Waals surface area contributed by atoms with Crippen molar-refractivity contribution in [2.45, 2.75) is 4.90 Å². The Balaban J connectivity index is 3.03. The molecule has 0 aliphatic heterocycles. The van der Waals surface area contributed by atoms with Crippen LogP contribution in [-0.2, 0) is 0 Å². The van der Waals surface area contributed by atoms with E-state index in [4.69, 9.17) is 0 Å². The third kappa shape index (κ3) is 1.54. The molecule has 10 heavy (non-hydrogen) atoms. The average molecular weight is 156 g/mol. The van der Waals surface area contributed by atoms with Crippen LogP contribution in [0.5, 0.6) is 0 Å². The number of hydrogen-bond acceptors (Lipinski definition) is 3. The lowest BCUT2D eigenvalue weighted by molar-refractivity contribution is 0.841. The van der Waals surface area contributed by atoms with Crippen LogP contribution in [0.4, 0.5) is 10.1 Å². The van der Waals surface area contributed by atoms with Crippen LogP contribution in [0.1, 0.15) is 0 Å². The van der Waals surface area contributed by atoms with Gasteiger partial charge in [-0.2, -0.15) is 4.39 Å². The highest BCUT2D eigenvalue weighted by molar-refractivity contribution is 7.80. The minimum Gasteiger partial charge on any atom is -0.262 e. The van der Waals surface area contributed by atoms with E-state index < -0.39 is 0 Å². The predicted molar refractivity (Wildman–Crippen MR) is 40.7 cm³/mol. The van der Waals surface area contributed by atoms with E-state index in [1.165, 1.54) is 6.20 Å². The topological polar surface area (TPSA) is 25.2 Å². The minimum atomic E-state index is 0.219. The first-order valence-electron chi connectivity index (χ1n) is 2.60. The number of halogens is 1. The molecule has 0 aliphatic carbocycles. The van der Waals surface area contributed by atoms with Gasteiger partial charge in [-0.15, -0.1) is 12.6 Å². The van der Waals surface area contributed by atoms with Crippen molar-refractivity contribution in [2.24, 2.45) is 4.99 Å². The number of thiol groups is 1. The second-order valence-corrected chi connectivity index (χ2v) is 2.07. The van der Waals surface area contributed by atoms with Crippen LogP contribution in [0.25, 0.3) is 0 Å². The molecule has 0 amide bonds. The highest BCUT2D eigenvalue weighted by Crippen LogP contribution is 2.19. The Morgan fingerprint density at radius 3 is 3.10 bits per heavy atom. The van der Waals surface area contributed by atoms with E-state index >= 15 is 0 Å². The molecule has 1 rings (SSSR count). The van der Waals surface area contributed by atoms with E-state index in [1.807, 2.05) is 0 Å². The number of rotatable bonds is 1. The zero-order valence-electron chi connectivity index (χ0n) is 5.03. The minimum absolute atomic E-state index is 0.219. The Kier molecular flexibility index (Phi) is 2.39. The highest BCUT2D eigenvalue weighted by Gasteiger charge is 1.92. The summed E-state index contributed by atoms with van der Waals surface area (Å²) < 4.78 is 11.5.